The van der Waals surface area contributed by atoms with Crippen LogP contribution in [0, 0.1) is 5.82 Å². The van der Waals surface area contributed by atoms with Gasteiger partial charge in [0.1, 0.15) is 17.7 Å². The Balaban J connectivity index is 1.55. The minimum Gasteiger partial charge on any atom is -0.489 e. The predicted octanol–water partition coefficient (Wildman–Crippen LogP) is 2.18. The first-order valence-corrected chi connectivity index (χ1v) is 10.4. The molecule has 0 aromatic heterocycles. The highest BCUT2D eigenvalue weighted by atomic mass is 19.1. The topological polar surface area (TPSA) is 52.1 Å². The van der Waals surface area contributed by atoms with Gasteiger partial charge in [-0.05, 0) is 45.0 Å². The minimum atomic E-state index is -0.289. The number of hydrogen-bond donors (Lipinski definition) is 2. The summed E-state index contributed by atoms with van der Waals surface area (Å²) in [6, 6.07) is 6.21. The standard InChI is InChI=1S/C21H36FN5O/c1-4-26-12-14-27(15-13-26)11-6-5-10-24-21(23-3)25-17-18(2)28-20-9-7-8-19(22)16-20/h7-9,16,18H,4-6,10-15,17H2,1-3H3,(H2,23,24,25). The molecule has 7 heteroatoms. The Kier molecular flexibility index (Phi) is 10.1. The molecule has 0 radical (unpaired) electrons. The number of nitrogens with one attached hydrogen (secondary N) is 2. The number of piperazine rings is 1. The summed E-state index contributed by atoms with van der Waals surface area (Å²) in [5.74, 6) is 1.02. The summed E-state index contributed by atoms with van der Waals surface area (Å²) in [4.78, 5) is 9.32. The van der Waals surface area contributed by atoms with Crippen LogP contribution < -0.4 is 15.4 Å². The molecule has 1 aromatic carbocycles. The van der Waals surface area contributed by atoms with Crippen molar-refractivity contribution in [1.82, 2.24) is 20.4 Å². The van der Waals surface area contributed by atoms with Crippen LogP contribution in [0.25, 0.3) is 0 Å². The highest BCUT2D eigenvalue weighted by Gasteiger charge is 2.14. The number of guanidine groups is 1. The summed E-state index contributed by atoms with van der Waals surface area (Å²) < 4.78 is 18.9. The number of aliphatic imine (C=N–C) groups is 1. The fraction of sp³-hybridized carbons (Fsp3) is 0.667. The van der Waals surface area contributed by atoms with Crippen LogP contribution in [0.3, 0.4) is 0 Å². The molecule has 1 aromatic rings. The number of likely N-dealkylation sites (N-methyl/N-ethyl adjacent to an activating group) is 1. The lowest BCUT2D eigenvalue weighted by molar-refractivity contribution is 0.136. The lowest BCUT2D eigenvalue weighted by atomic mass is 10.2. The molecule has 28 heavy (non-hydrogen) atoms. The third-order valence-electron chi connectivity index (χ3n) is 5.02. The van der Waals surface area contributed by atoms with Gasteiger partial charge in [-0.25, -0.2) is 4.39 Å². The van der Waals surface area contributed by atoms with Gasteiger partial charge in [0.25, 0.3) is 0 Å². The molecule has 2 rings (SSSR count). The number of nitrogens with zero attached hydrogens (tertiary/aromatic N) is 3. The maximum absolute atomic E-state index is 13.2. The van der Waals surface area contributed by atoms with Crippen molar-refractivity contribution < 1.29 is 9.13 Å². The Bertz CT molecular complexity index is 590. The zero-order chi connectivity index (χ0) is 20.2. The molecule has 6 nitrogen and oxygen atoms in total. The molecule has 1 aliphatic rings. The second-order valence-corrected chi connectivity index (χ2v) is 7.25. The van der Waals surface area contributed by atoms with Crippen LogP contribution in [0.2, 0.25) is 0 Å². The summed E-state index contributed by atoms with van der Waals surface area (Å²) in [5, 5.41) is 6.61. The highest BCUT2D eigenvalue weighted by Crippen LogP contribution is 2.13. The first-order valence-electron chi connectivity index (χ1n) is 10.4. The lowest BCUT2D eigenvalue weighted by Gasteiger charge is -2.34. The van der Waals surface area contributed by atoms with Gasteiger partial charge in [0, 0.05) is 45.8 Å². The molecule has 1 saturated heterocycles. The van der Waals surface area contributed by atoms with Gasteiger partial charge in [-0.15, -0.1) is 0 Å². The van der Waals surface area contributed by atoms with E-state index in [9.17, 15) is 4.39 Å². The van der Waals surface area contributed by atoms with Crippen molar-refractivity contribution in [3.63, 3.8) is 0 Å². The summed E-state index contributed by atoms with van der Waals surface area (Å²) in [7, 11) is 1.76. The number of hydrogen-bond acceptors (Lipinski definition) is 4. The van der Waals surface area contributed by atoms with E-state index in [2.05, 4.69) is 32.3 Å². The van der Waals surface area contributed by atoms with E-state index >= 15 is 0 Å². The van der Waals surface area contributed by atoms with Crippen molar-refractivity contribution in [2.45, 2.75) is 32.8 Å². The normalized spacial score (nSPS) is 17.4. The Morgan fingerprint density at radius 3 is 2.61 bits per heavy atom. The van der Waals surface area contributed by atoms with E-state index in [0.29, 0.717) is 12.3 Å². The highest BCUT2D eigenvalue weighted by molar-refractivity contribution is 5.79. The molecule has 158 valence electrons. The molecule has 2 N–H and O–H groups in total. The number of benzene rings is 1. The van der Waals surface area contributed by atoms with E-state index in [4.69, 9.17) is 4.74 Å². The first kappa shape index (κ1) is 22.4. The maximum atomic E-state index is 13.2. The fourth-order valence-corrected chi connectivity index (χ4v) is 3.27. The number of halogens is 1. The predicted molar refractivity (Wildman–Crippen MR) is 114 cm³/mol. The van der Waals surface area contributed by atoms with Gasteiger partial charge in [0.15, 0.2) is 5.96 Å². The van der Waals surface area contributed by atoms with Crippen molar-refractivity contribution in [3.05, 3.63) is 30.1 Å². The van der Waals surface area contributed by atoms with E-state index < -0.39 is 0 Å². The van der Waals surface area contributed by atoms with Crippen LogP contribution >= 0.6 is 0 Å². The Labute approximate surface area is 169 Å². The quantitative estimate of drug-likeness (QED) is 0.363. The largest absolute Gasteiger partial charge is 0.489 e. The minimum absolute atomic E-state index is 0.0952. The number of ether oxygens (including phenoxy) is 1. The molecular formula is C21H36FN5O. The van der Waals surface area contributed by atoms with Crippen molar-refractivity contribution in [2.75, 3.05) is 59.4 Å². The second kappa shape index (κ2) is 12.6. The van der Waals surface area contributed by atoms with Crippen LogP contribution in [0.15, 0.2) is 29.3 Å². The fourth-order valence-electron chi connectivity index (χ4n) is 3.27. The van der Waals surface area contributed by atoms with Crippen molar-refractivity contribution in [3.8, 4) is 5.75 Å². The molecule has 0 bridgehead atoms. The van der Waals surface area contributed by atoms with Gasteiger partial charge in [-0.3, -0.25) is 4.99 Å². The third-order valence-corrected chi connectivity index (χ3v) is 5.02. The van der Waals surface area contributed by atoms with E-state index in [0.717, 1.165) is 25.5 Å². The maximum Gasteiger partial charge on any atom is 0.191 e. The smallest absolute Gasteiger partial charge is 0.191 e. The monoisotopic (exact) mass is 393 g/mol. The molecule has 1 unspecified atom stereocenters. The Morgan fingerprint density at radius 2 is 1.93 bits per heavy atom. The van der Waals surface area contributed by atoms with Gasteiger partial charge in [0.05, 0.1) is 6.54 Å². The van der Waals surface area contributed by atoms with Gasteiger partial charge in [-0.1, -0.05) is 13.0 Å². The van der Waals surface area contributed by atoms with Crippen molar-refractivity contribution in [2.24, 2.45) is 4.99 Å². The van der Waals surface area contributed by atoms with E-state index in [1.165, 1.54) is 51.3 Å². The van der Waals surface area contributed by atoms with Crippen LogP contribution in [0.4, 0.5) is 4.39 Å². The molecule has 1 heterocycles. The average Bonchev–Trinajstić information content (AvgIpc) is 2.70. The van der Waals surface area contributed by atoms with Crippen LogP contribution in [0.1, 0.15) is 26.7 Å². The van der Waals surface area contributed by atoms with Gasteiger partial charge in [-0.2, -0.15) is 0 Å². The Morgan fingerprint density at radius 1 is 1.18 bits per heavy atom. The van der Waals surface area contributed by atoms with E-state index in [1.54, 1.807) is 19.2 Å². The lowest BCUT2D eigenvalue weighted by Crippen LogP contribution is -2.46. The molecule has 1 fully saturated rings. The van der Waals surface area contributed by atoms with Gasteiger partial charge in [0.2, 0.25) is 0 Å². The molecule has 0 aliphatic carbocycles. The Hall–Kier alpha value is -1.86. The van der Waals surface area contributed by atoms with Crippen LogP contribution in [-0.4, -0.2) is 81.3 Å². The summed E-state index contributed by atoms with van der Waals surface area (Å²) >= 11 is 0. The summed E-state index contributed by atoms with van der Waals surface area (Å²) in [5.41, 5.74) is 0. The first-order chi connectivity index (χ1) is 13.6. The molecule has 1 aliphatic heterocycles. The van der Waals surface area contributed by atoms with E-state index in [-0.39, 0.29) is 11.9 Å². The van der Waals surface area contributed by atoms with Crippen LogP contribution in [-0.2, 0) is 0 Å². The molecule has 1 atom stereocenters. The zero-order valence-electron chi connectivity index (χ0n) is 17.6. The third kappa shape index (κ3) is 8.44. The van der Waals surface area contributed by atoms with Crippen molar-refractivity contribution in [1.29, 1.82) is 0 Å². The molecule has 0 amide bonds. The number of unbranched alkanes of at least 4 members (excludes halogenated alkanes) is 1. The van der Waals surface area contributed by atoms with Gasteiger partial charge >= 0.3 is 0 Å². The molecule has 0 saturated carbocycles. The average molecular weight is 394 g/mol. The van der Waals surface area contributed by atoms with Crippen molar-refractivity contribution >= 4 is 5.96 Å². The zero-order valence-corrected chi connectivity index (χ0v) is 17.6. The van der Waals surface area contributed by atoms with E-state index in [1.807, 2.05) is 6.92 Å². The molecular weight excluding hydrogens is 357 g/mol. The molecule has 0 spiro atoms. The SMILES string of the molecule is CCN1CCN(CCCCNC(=NC)NCC(C)Oc2cccc(F)c2)CC1. The number of rotatable bonds is 10. The summed E-state index contributed by atoms with van der Waals surface area (Å²) in [6.07, 6.45) is 2.21. The van der Waals surface area contributed by atoms with Gasteiger partial charge < -0.3 is 25.2 Å². The second-order valence-electron chi connectivity index (χ2n) is 7.25. The summed E-state index contributed by atoms with van der Waals surface area (Å²) in [6.45, 7) is 12.8. The van der Waals surface area contributed by atoms with Crippen LogP contribution in [0.5, 0.6) is 5.75 Å².